The quantitative estimate of drug-likeness (QED) is 0.239. The molecule has 0 radical (unpaired) electrons. The van der Waals surface area contributed by atoms with Crippen LogP contribution in [0.15, 0.2) is 42.5 Å². The van der Waals surface area contributed by atoms with E-state index in [-0.39, 0.29) is 42.1 Å². The molecule has 4 fully saturated rings. The van der Waals surface area contributed by atoms with Crippen LogP contribution in [0.3, 0.4) is 0 Å². The molecule has 4 aliphatic rings. The second-order valence-electron chi connectivity index (χ2n) is 15.4. The molecular formula is C38H43F2N5O4. The molecule has 3 aromatic carbocycles. The summed E-state index contributed by atoms with van der Waals surface area (Å²) in [6.45, 7) is 9.90. The fourth-order valence-electron chi connectivity index (χ4n) is 8.79. The number of anilines is 1. The zero-order valence-corrected chi connectivity index (χ0v) is 28.5. The maximum atomic E-state index is 17.1. The Kier molecular flexibility index (Phi) is 7.62. The molecule has 1 amide bonds. The van der Waals surface area contributed by atoms with Crippen molar-refractivity contribution < 1.29 is 28.2 Å². The highest BCUT2D eigenvalue weighted by molar-refractivity contribution is 6.02. The Labute approximate surface area is 284 Å². The number of carbonyl (C=O) groups is 1. The number of piperazine rings is 1. The standard InChI is InChI=1S/C38H43F2N5O4/c1-22-14-30-33(32(40)31(22)29-16-27(46)15-23-8-5-6-9-28(23)29)41-35(48-21-38-12-7-13-44(38)18-24(39)17-38)42-34(30)43-19-25-10-11-26(20-43)45(25)36(47)49-37(2,3)4/h5-6,8-9,14-16,24-26,46H,7,10-13,17-21H2,1-4H3/t24-,25-,26+,38+/m1/s1. The summed E-state index contributed by atoms with van der Waals surface area (Å²) in [5.74, 6) is 0.0621. The van der Waals surface area contributed by atoms with Gasteiger partial charge in [0.25, 0.3) is 0 Å². The summed E-state index contributed by atoms with van der Waals surface area (Å²) in [5.41, 5.74) is 0.682. The Hall–Kier alpha value is -4.25. The summed E-state index contributed by atoms with van der Waals surface area (Å²) in [4.78, 5) is 29.0. The normalized spacial score (nSPS) is 25.4. The molecule has 49 heavy (non-hydrogen) atoms. The number of ether oxygens (including phenoxy) is 2. The summed E-state index contributed by atoms with van der Waals surface area (Å²) in [5, 5.41) is 12.8. The van der Waals surface area contributed by atoms with E-state index in [2.05, 4.69) is 9.80 Å². The Balaban J connectivity index is 1.22. The Morgan fingerprint density at radius 3 is 2.57 bits per heavy atom. The molecule has 11 heteroatoms. The highest BCUT2D eigenvalue weighted by Gasteiger charge is 2.50. The van der Waals surface area contributed by atoms with Crippen molar-refractivity contribution >= 4 is 33.6 Å². The van der Waals surface area contributed by atoms with Gasteiger partial charge in [-0.2, -0.15) is 9.97 Å². The monoisotopic (exact) mass is 671 g/mol. The van der Waals surface area contributed by atoms with Crippen LogP contribution in [0, 0.1) is 12.7 Å². The molecular weight excluding hydrogens is 628 g/mol. The lowest BCUT2D eigenvalue weighted by atomic mass is 9.93. The molecule has 0 unspecified atom stereocenters. The van der Waals surface area contributed by atoms with Gasteiger partial charge in [0, 0.05) is 37.0 Å². The van der Waals surface area contributed by atoms with Gasteiger partial charge in [0.2, 0.25) is 0 Å². The van der Waals surface area contributed by atoms with Crippen LogP contribution in [0.2, 0.25) is 0 Å². The molecule has 1 N–H and O–H groups in total. The van der Waals surface area contributed by atoms with Crippen molar-refractivity contribution in [2.75, 3.05) is 37.7 Å². The number of benzene rings is 3. The molecule has 4 saturated heterocycles. The average molecular weight is 672 g/mol. The van der Waals surface area contributed by atoms with Crippen LogP contribution in [0.5, 0.6) is 11.8 Å². The van der Waals surface area contributed by atoms with Crippen LogP contribution in [0.4, 0.5) is 19.4 Å². The predicted molar refractivity (Wildman–Crippen MR) is 184 cm³/mol. The molecule has 0 spiro atoms. The first-order chi connectivity index (χ1) is 23.4. The molecule has 4 aliphatic heterocycles. The second-order valence-corrected chi connectivity index (χ2v) is 15.4. The minimum absolute atomic E-state index is 0.0430. The smallest absolute Gasteiger partial charge is 0.410 e. The Morgan fingerprint density at radius 2 is 1.82 bits per heavy atom. The molecule has 4 atom stereocenters. The Morgan fingerprint density at radius 1 is 1.06 bits per heavy atom. The minimum atomic E-state index is -0.909. The number of amides is 1. The van der Waals surface area contributed by atoms with Gasteiger partial charge >= 0.3 is 12.1 Å². The van der Waals surface area contributed by atoms with E-state index in [1.807, 2.05) is 62.9 Å². The van der Waals surface area contributed by atoms with E-state index in [0.29, 0.717) is 53.9 Å². The molecule has 9 nitrogen and oxygen atoms in total. The number of phenols is 1. The predicted octanol–water partition coefficient (Wildman–Crippen LogP) is 7.15. The third-order valence-corrected chi connectivity index (χ3v) is 10.8. The molecule has 258 valence electrons. The number of hydrogen-bond donors (Lipinski definition) is 1. The molecule has 1 aromatic heterocycles. The van der Waals surface area contributed by atoms with Gasteiger partial charge in [0.05, 0.1) is 17.6 Å². The van der Waals surface area contributed by atoms with Crippen molar-refractivity contribution in [1.29, 1.82) is 0 Å². The number of halogens is 2. The third-order valence-electron chi connectivity index (χ3n) is 10.8. The summed E-state index contributed by atoms with van der Waals surface area (Å²) in [7, 11) is 0. The van der Waals surface area contributed by atoms with Gasteiger partial charge in [0.15, 0.2) is 5.82 Å². The van der Waals surface area contributed by atoms with Gasteiger partial charge < -0.3 is 19.5 Å². The molecule has 0 aliphatic carbocycles. The first-order valence-electron chi connectivity index (χ1n) is 17.4. The summed E-state index contributed by atoms with van der Waals surface area (Å²) >= 11 is 0. The molecule has 2 bridgehead atoms. The number of nitrogens with zero attached hydrogens (tertiary/aromatic N) is 5. The Bertz CT molecular complexity index is 1950. The van der Waals surface area contributed by atoms with Crippen LogP contribution in [-0.2, 0) is 4.74 Å². The zero-order valence-electron chi connectivity index (χ0n) is 28.5. The van der Waals surface area contributed by atoms with Gasteiger partial charge in [-0.25, -0.2) is 13.6 Å². The molecule has 0 saturated carbocycles. The van der Waals surface area contributed by atoms with Crippen LogP contribution < -0.4 is 9.64 Å². The minimum Gasteiger partial charge on any atom is -0.508 e. The lowest BCUT2D eigenvalue weighted by Gasteiger charge is -2.42. The highest BCUT2D eigenvalue weighted by Crippen LogP contribution is 2.43. The van der Waals surface area contributed by atoms with Crippen LogP contribution >= 0.6 is 0 Å². The zero-order chi connectivity index (χ0) is 34.2. The van der Waals surface area contributed by atoms with Crippen molar-refractivity contribution in [3.8, 4) is 22.9 Å². The number of aromatic nitrogens is 2. The van der Waals surface area contributed by atoms with Crippen molar-refractivity contribution in [3.63, 3.8) is 0 Å². The number of hydrogen-bond acceptors (Lipinski definition) is 8. The maximum absolute atomic E-state index is 17.1. The fraction of sp³-hybridized carbons (Fsp3) is 0.500. The van der Waals surface area contributed by atoms with E-state index in [9.17, 15) is 14.3 Å². The van der Waals surface area contributed by atoms with Gasteiger partial charge in [-0.3, -0.25) is 9.80 Å². The van der Waals surface area contributed by atoms with Crippen molar-refractivity contribution in [1.82, 2.24) is 19.8 Å². The lowest BCUT2D eigenvalue weighted by Crippen LogP contribution is -2.57. The fourth-order valence-corrected chi connectivity index (χ4v) is 8.79. The molecule has 8 rings (SSSR count). The molecule has 5 heterocycles. The number of fused-ring (bicyclic) bond motifs is 5. The summed E-state index contributed by atoms with van der Waals surface area (Å²) < 4.78 is 43.8. The highest BCUT2D eigenvalue weighted by atomic mass is 19.1. The summed E-state index contributed by atoms with van der Waals surface area (Å²) in [6.07, 6.45) is 2.63. The maximum Gasteiger partial charge on any atom is 0.410 e. The third kappa shape index (κ3) is 5.59. The van der Waals surface area contributed by atoms with Gasteiger partial charge in [-0.1, -0.05) is 24.3 Å². The van der Waals surface area contributed by atoms with Gasteiger partial charge in [-0.15, -0.1) is 0 Å². The van der Waals surface area contributed by atoms with Crippen molar-refractivity contribution in [2.24, 2.45) is 0 Å². The van der Waals surface area contributed by atoms with Crippen molar-refractivity contribution in [3.05, 3.63) is 53.8 Å². The SMILES string of the molecule is Cc1cc2c(N3C[C@H]4CC[C@@H](C3)N4C(=O)OC(C)(C)C)nc(OC[C@@]34CCCN3C[C@H](F)C4)nc2c(F)c1-c1cc(O)cc2ccccc12. The van der Waals surface area contributed by atoms with Gasteiger partial charge in [-0.05, 0) is 100 Å². The number of carbonyl (C=O) groups excluding carboxylic acids is 1. The van der Waals surface area contributed by atoms with Gasteiger partial charge in [0.1, 0.15) is 35.5 Å². The van der Waals surface area contributed by atoms with E-state index in [0.717, 1.165) is 43.0 Å². The average Bonchev–Trinajstić information content (AvgIpc) is 3.66. The van der Waals surface area contributed by atoms with Crippen LogP contribution in [-0.4, -0.2) is 93.1 Å². The number of aryl methyl sites for hydroxylation is 1. The number of phenolic OH excluding ortho intramolecular Hbond substituents is 1. The molecule has 4 aromatic rings. The number of rotatable bonds is 5. The topological polar surface area (TPSA) is 91.3 Å². The lowest BCUT2D eigenvalue weighted by molar-refractivity contribution is 0.0122. The van der Waals surface area contributed by atoms with E-state index in [1.165, 1.54) is 0 Å². The number of alkyl halides is 1. The number of aromatic hydroxyl groups is 1. The van der Waals surface area contributed by atoms with E-state index in [1.54, 1.807) is 12.1 Å². The second kappa shape index (κ2) is 11.7. The first-order valence-corrected chi connectivity index (χ1v) is 17.4. The van der Waals surface area contributed by atoms with E-state index in [4.69, 9.17) is 19.4 Å². The largest absolute Gasteiger partial charge is 0.508 e. The van der Waals surface area contributed by atoms with Crippen LogP contribution in [0.1, 0.15) is 58.4 Å². The van der Waals surface area contributed by atoms with E-state index >= 15 is 4.39 Å². The van der Waals surface area contributed by atoms with Crippen LogP contribution in [0.25, 0.3) is 32.8 Å². The van der Waals surface area contributed by atoms with Crippen molar-refractivity contribution in [2.45, 2.75) is 89.2 Å². The first kappa shape index (κ1) is 32.0. The summed E-state index contributed by atoms with van der Waals surface area (Å²) in [6, 6.07) is 12.6. The van der Waals surface area contributed by atoms with E-state index < -0.39 is 23.1 Å².